The Kier molecular flexibility index (Phi) is 2.58. The SMILES string of the molecule is COc1ccc(N2C(=O)C[C@]3(CCN=N3)C2=O)cc1. The van der Waals surface area contributed by atoms with Crippen LogP contribution in [0.3, 0.4) is 0 Å². The Morgan fingerprint density at radius 3 is 2.58 bits per heavy atom. The molecule has 2 amide bonds. The molecule has 1 fully saturated rings. The molecule has 1 aromatic rings. The number of benzene rings is 1. The highest BCUT2D eigenvalue weighted by Crippen LogP contribution is 2.37. The van der Waals surface area contributed by atoms with E-state index in [0.717, 1.165) is 0 Å². The second-order valence-corrected chi connectivity index (χ2v) is 4.66. The molecule has 19 heavy (non-hydrogen) atoms. The first kappa shape index (κ1) is 11.8. The van der Waals surface area contributed by atoms with Gasteiger partial charge in [-0.25, -0.2) is 4.90 Å². The predicted molar refractivity (Wildman–Crippen MR) is 67.2 cm³/mol. The van der Waals surface area contributed by atoms with Crippen molar-refractivity contribution in [3.8, 4) is 5.75 Å². The van der Waals surface area contributed by atoms with Crippen LogP contribution in [0.5, 0.6) is 5.75 Å². The quantitative estimate of drug-likeness (QED) is 0.756. The third kappa shape index (κ3) is 1.71. The lowest BCUT2D eigenvalue weighted by Gasteiger charge is -2.17. The van der Waals surface area contributed by atoms with Gasteiger partial charge in [0, 0.05) is 6.42 Å². The van der Waals surface area contributed by atoms with Gasteiger partial charge in [0.1, 0.15) is 5.75 Å². The number of imide groups is 1. The molecule has 0 aliphatic carbocycles. The number of rotatable bonds is 2. The van der Waals surface area contributed by atoms with E-state index in [1.165, 1.54) is 4.90 Å². The number of azo groups is 1. The van der Waals surface area contributed by atoms with Crippen LogP contribution in [0.15, 0.2) is 34.5 Å². The van der Waals surface area contributed by atoms with Crippen molar-refractivity contribution in [2.75, 3.05) is 18.6 Å². The van der Waals surface area contributed by atoms with Crippen LogP contribution >= 0.6 is 0 Å². The molecule has 0 radical (unpaired) electrons. The van der Waals surface area contributed by atoms with Gasteiger partial charge < -0.3 is 4.74 Å². The third-order valence-corrected chi connectivity index (χ3v) is 3.51. The van der Waals surface area contributed by atoms with Crippen molar-refractivity contribution in [3.63, 3.8) is 0 Å². The molecule has 0 N–H and O–H groups in total. The lowest BCUT2D eigenvalue weighted by atomic mass is 9.96. The topological polar surface area (TPSA) is 71.3 Å². The molecule has 0 unspecified atom stereocenters. The number of carbonyl (C=O) groups is 2. The third-order valence-electron chi connectivity index (χ3n) is 3.51. The van der Waals surface area contributed by atoms with Crippen LogP contribution in [0.4, 0.5) is 5.69 Å². The lowest BCUT2D eigenvalue weighted by Crippen LogP contribution is -2.38. The van der Waals surface area contributed by atoms with E-state index in [-0.39, 0.29) is 18.2 Å². The fraction of sp³-hybridized carbons (Fsp3) is 0.385. The minimum Gasteiger partial charge on any atom is -0.497 e. The van der Waals surface area contributed by atoms with E-state index in [9.17, 15) is 9.59 Å². The van der Waals surface area contributed by atoms with Gasteiger partial charge in [0.15, 0.2) is 5.54 Å². The average Bonchev–Trinajstić information content (AvgIpc) is 2.97. The van der Waals surface area contributed by atoms with Crippen LogP contribution < -0.4 is 9.64 Å². The van der Waals surface area contributed by atoms with E-state index in [0.29, 0.717) is 24.4 Å². The maximum Gasteiger partial charge on any atom is 0.264 e. The smallest absolute Gasteiger partial charge is 0.264 e. The molecule has 6 nitrogen and oxygen atoms in total. The summed E-state index contributed by atoms with van der Waals surface area (Å²) in [6.45, 7) is 0.509. The number of carbonyl (C=O) groups excluding carboxylic acids is 2. The molecule has 6 heteroatoms. The van der Waals surface area contributed by atoms with Crippen LogP contribution in [0.25, 0.3) is 0 Å². The molecule has 2 aliphatic rings. The molecule has 1 saturated heterocycles. The van der Waals surface area contributed by atoms with Gasteiger partial charge in [0.2, 0.25) is 5.91 Å². The number of hydrogen-bond acceptors (Lipinski definition) is 5. The second-order valence-electron chi connectivity index (χ2n) is 4.66. The van der Waals surface area contributed by atoms with Crippen molar-refractivity contribution >= 4 is 17.5 Å². The maximum atomic E-state index is 12.4. The molecule has 0 aromatic heterocycles. The molecule has 3 rings (SSSR count). The van der Waals surface area contributed by atoms with Gasteiger partial charge in [-0.15, -0.1) is 0 Å². The van der Waals surface area contributed by atoms with Crippen molar-refractivity contribution in [3.05, 3.63) is 24.3 Å². The molecule has 0 saturated carbocycles. The highest BCUT2D eigenvalue weighted by molar-refractivity contribution is 6.24. The lowest BCUT2D eigenvalue weighted by molar-refractivity contribution is -0.122. The zero-order valence-electron chi connectivity index (χ0n) is 10.5. The van der Waals surface area contributed by atoms with E-state index < -0.39 is 5.54 Å². The first-order chi connectivity index (χ1) is 9.16. The molecule has 98 valence electrons. The summed E-state index contributed by atoms with van der Waals surface area (Å²) >= 11 is 0. The summed E-state index contributed by atoms with van der Waals surface area (Å²) in [7, 11) is 1.56. The van der Waals surface area contributed by atoms with Crippen molar-refractivity contribution in [1.29, 1.82) is 0 Å². The fourth-order valence-corrected chi connectivity index (χ4v) is 2.46. The summed E-state index contributed by atoms with van der Waals surface area (Å²) in [4.78, 5) is 25.7. The van der Waals surface area contributed by atoms with Gasteiger partial charge >= 0.3 is 0 Å². The number of amides is 2. The molecule has 0 bridgehead atoms. The standard InChI is InChI=1S/C13H13N3O3/c1-19-10-4-2-9(3-5-10)16-11(17)8-13(12(16)18)6-7-14-15-13/h2-5H,6-8H2,1H3/t13-/m1/s1. The van der Waals surface area contributed by atoms with Crippen LogP contribution in [0.2, 0.25) is 0 Å². The minimum atomic E-state index is -0.947. The van der Waals surface area contributed by atoms with E-state index in [2.05, 4.69) is 10.2 Å². The Bertz CT molecular complexity index is 567. The Morgan fingerprint density at radius 2 is 2.00 bits per heavy atom. The summed E-state index contributed by atoms with van der Waals surface area (Å²) in [5.41, 5.74) is -0.397. The number of nitrogens with zero attached hydrogens (tertiary/aromatic N) is 3. The minimum absolute atomic E-state index is 0.112. The van der Waals surface area contributed by atoms with Crippen molar-refractivity contribution in [1.82, 2.24) is 0 Å². The van der Waals surface area contributed by atoms with Gasteiger partial charge in [-0.2, -0.15) is 10.2 Å². The molecule has 1 atom stereocenters. The fourth-order valence-electron chi connectivity index (χ4n) is 2.46. The van der Waals surface area contributed by atoms with E-state index >= 15 is 0 Å². The van der Waals surface area contributed by atoms with Gasteiger partial charge in [0.25, 0.3) is 5.91 Å². The van der Waals surface area contributed by atoms with Crippen molar-refractivity contribution < 1.29 is 14.3 Å². The van der Waals surface area contributed by atoms with Gasteiger partial charge in [-0.1, -0.05) is 0 Å². The first-order valence-corrected chi connectivity index (χ1v) is 6.06. The van der Waals surface area contributed by atoms with Gasteiger partial charge in [0.05, 0.1) is 25.8 Å². The zero-order chi connectivity index (χ0) is 13.5. The highest BCUT2D eigenvalue weighted by Gasteiger charge is 2.54. The first-order valence-electron chi connectivity index (χ1n) is 6.06. The van der Waals surface area contributed by atoms with Crippen LogP contribution in [0.1, 0.15) is 12.8 Å². The van der Waals surface area contributed by atoms with Gasteiger partial charge in [-0.05, 0) is 24.3 Å². The summed E-state index contributed by atoms with van der Waals surface area (Å²) in [6.07, 6.45) is 0.631. The number of ether oxygens (including phenoxy) is 1. The zero-order valence-corrected chi connectivity index (χ0v) is 10.5. The van der Waals surface area contributed by atoms with E-state index in [4.69, 9.17) is 4.74 Å². The van der Waals surface area contributed by atoms with Crippen LogP contribution in [0, 0.1) is 0 Å². The molecule has 1 aromatic carbocycles. The van der Waals surface area contributed by atoms with E-state index in [1.54, 1.807) is 31.4 Å². The second kappa shape index (κ2) is 4.15. The molecular weight excluding hydrogens is 246 g/mol. The Morgan fingerprint density at radius 1 is 1.26 bits per heavy atom. The monoisotopic (exact) mass is 259 g/mol. The van der Waals surface area contributed by atoms with Crippen LogP contribution in [-0.2, 0) is 9.59 Å². The number of anilines is 1. The summed E-state index contributed by atoms with van der Waals surface area (Å²) in [5, 5.41) is 7.86. The average molecular weight is 259 g/mol. The molecule has 2 heterocycles. The largest absolute Gasteiger partial charge is 0.497 e. The normalized spacial score (nSPS) is 25.6. The molecule has 1 spiro atoms. The van der Waals surface area contributed by atoms with Gasteiger partial charge in [-0.3, -0.25) is 9.59 Å². The van der Waals surface area contributed by atoms with E-state index in [1.807, 2.05) is 0 Å². The summed E-state index contributed by atoms with van der Waals surface area (Å²) < 4.78 is 5.06. The summed E-state index contributed by atoms with van der Waals surface area (Å²) in [5.74, 6) is 0.179. The molecular formula is C13H13N3O3. The highest BCUT2D eigenvalue weighted by atomic mass is 16.5. The Balaban J connectivity index is 1.94. The summed E-state index contributed by atoms with van der Waals surface area (Å²) in [6, 6.07) is 6.83. The Hall–Kier alpha value is -2.24. The predicted octanol–water partition coefficient (Wildman–Crippen LogP) is 1.55. The van der Waals surface area contributed by atoms with Crippen molar-refractivity contribution in [2.45, 2.75) is 18.4 Å². The maximum absolute atomic E-state index is 12.4. The number of hydrogen-bond donors (Lipinski definition) is 0. The Labute approximate surface area is 110 Å². The van der Waals surface area contributed by atoms with Crippen molar-refractivity contribution in [2.24, 2.45) is 10.2 Å². The molecule has 2 aliphatic heterocycles. The van der Waals surface area contributed by atoms with Crippen LogP contribution in [-0.4, -0.2) is 31.0 Å². The number of methoxy groups -OCH3 is 1.